The molecule has 0 rings (SSSR count). The number of esters is 2. The summed E-state index contributed by atoms with van der Waals surface area (Å²) in [5.74, 6) is -0.563. The molecule has 0 aliphatic carbocycles. The lowest BCUT2D eigenvalue weighted by molar-refractivity contribution is -0.162. The Hall–Kier alpha value is -3.44. The largest absolute Gasteiger partial charge is 0.462 e. The molecule has 0 radical (unpaired) electrons. The normalized spacial score (nSPS) is 13.1. The van der Waals surface area contributed by atoms with Gasteiger partial charge in [-0.3, -0.25) is 9.59 Å². The summed E-state index contributed by atoms with van der Waals surface area (Å²) >= 11 is 0. The molecule has 0 N–H and O–H groups in total. The second kappa shape index (κ2) is 51.9. The van der Waals surface area contributed by atoms with Gasteiger partial charge in [0.1, 0.15) is 6.61 Å². The highest BCUT2D eigenvalue weighted by Gasteiger charge is 2.17. The van der Waals surface area contributed by atoms with E-state index in [9.17, 15) is 9.59 Å². The van der Waals surface area contributed by atoms with Crippen LogP contribution in [0.3, 0.4) is 0 Å². The SMILES string of the molecule is CC/C=C\C/C=C\C/C=C\C/C=C\C/C=C\CC(=O)OC(COCCCCCCCC/C=C\CCCCCC)COC(=O)CCCCCCCCC/C=C\C/C=C\C/C=C\CC. The van der Waals surface area contributed by atoms with Crippen molar-refractivity contribution in [2.45, 2.75) is 219 Å². The van der Waals surface area contributed by atoms with E-state index in [0.29, 0.717) is 13.0 Å². The number of allylic oxidation sites excluding steroid dienone is 17. The van der Waals surface area contributed by atoms with Crippen LogP contribution in [0.2, 0.25) is 0 Å². The van der Waals surface area contributed by atoms with Gasteiger partial charge in [0.2, 0.25) is 0 Å². The van der Waals surface area contributed by atoms with Crippen LogP contribution in [0.1, 0.15) is 213 Å². The van der Waals surface area contributed by atoms with Crippen LogP contribution in [0.4, 0.5) is 0 Å². The van der Waals surface area contributed by atoms with Gasteiger partial charge < -0.3 is 14.2 Å². The second-order valence-corrected chi connectivity index (χ2v) is 16.3. The van der Waals surface area contributed by atoms with Gasteiger partial charge in [-0.2, -0.15) is 0 Å². The fraction of sp³-hybridized carbons (Fsp3) is 0.649. The molecule has 0 saturated carbocycles. The van der Waals surface area contributed by atoms with E-state index in [1.165, 1.54) is 89.9 Å². The summed E-state index contributed by atoms with van der Waals surface area (Å²) in [6.07, 6.45) is 71.2. The fourth-order valence-corrected chi connectivity index (χ4v) is 6.59. The van der Waals surface area contributed by atoms with Crippen LogP contribution in [0.5, 0.6) is 0 Å². The molecule has 62 heavy (non-hydrogen) atoms. The third kappa shape index (κ3) is 49.2. The Bertz CT molecular complexity index is 1250. The van der Waals surface area contributed by atoms with Crippen molar-refractivity contribution < 1.29 is 23.8 Å². The summed E-state index contributed by atoms with van der Waals surface area (Å²) in [7, 11) is 0. The Labute approximate surface area is 383 Å². The lowest BCUT2D eigenvalue weighted by Gasteiger charge is -2.18. The number of carbonyl (C=O) groups is 2. The Morgan fingerprint density at radius 3 is 1.26 bits per heavy atom. The molecule has 1 atom stereocenters. The van der Waals surface area contributed by atoms with Gasteiger partial charge in [-0.05, 0) is 103 Å². The molecule has 0 spiro atoms. The topological polar surface area (TPSA) is 61.8 Å². The first-order valence-electron chi connectivity index (χ1n) is 25.4. The summed E-state index contributed by atoms with van der Waals surface area (Å²) in [6, 6.07) is 0. The maximum Gasteiger partial charge on any atom is 0.310 e. The molecule has 0 heterocycles. The predicted molar refractivity (Wildman–Crippen MR) is 269 cm³/mol. The summed E-state index contributed by atoms with van der Waals surface area (Å²) in [4.78, 5) is 25.3. The molecule has 0 aromatic rings. The van der Waals surface area contributed by atoms with E-state index >= 15 is 0 Å². The summed E-state index contributed by atoms with van der Waals surface area (Å²) < 4.78 is 17.3. The molecule has 0 aliphatic heterocycles. The zero-order valence-electron chi connectivity index (χ0n) is 40.3. The first-order valence-corrected chi connectivity index (χ1v) is 25.4. The molecular weight excluding hydrogens is 765 g/mol. The molecule has 352 valence electrons. The molecule has 0 saturated heterocycles. The quantitative estimate of drug-likeness (QED) is 0.0347. The van der Waals surface area contributed by atoms with E-state index in [1.807, 2.05) is 12.2 Å². The van der Waals surface area contributed by atoms with Crippen molar-refractivity contribution >= 4 is 11.9 Å². The zero-order valence-corrected chi connectivity index (χ0v) is 40.3. The van der Waals surface area contributed by atoms with E-state index in [2.05, 4.69) is 118 Å². The standard InChI is InChI=1S/C57H94O5/c1-4-7-10-13-16-19-22-25-28-29-31-32-35-38-41-44-47-50-56(58)61-54-55(53-60-52-49-46-43-40-37-34-27-24-21-18-15-12-9-6-3)62-57(59)51-48-45-42-39-36-33-30-26-23-20-17-14-11-8-5-2/h7-8,10-11,16-17,19-21,24-26,28,30,36,39,45,48,55H,4-6,9,12-15,18,22-23,27,29,31-35,37-38,40-44,46-47,49-54H2,1-3H3/b10-7-,11-8-,19-16-,20-17-,24-21-,28-25-,30-26-,39-36-,48-45-. The maximum absolute atomic E-state index is 12.7. The number of ether oxygens (including phenoxy) is 3. The third-order valence-electron chi connectivity index (χ3n) is 10.3. The van der Waals surface area contributed by atoms with E-state index in [-0.39, 0.29) is 31.6 Å². The molecule has 0 fully saturated rings. The monoisotopic (exact) mass is 859 g/mol. The molecule has 0 bridgehead atoms. The molecule has 5 heteroatoms. The molecule has 0 aromatic heterocycles. The minimum atomic E-state index is -0.604. The first-order chi connectivity index (χ1) is 30.6. The summed E-state index contributed by atoms with van der Waals surface area (Å²) in [5, 5.41) is 0. The smallest absolute Gasteiger partial charge is 0.310 e. The van der Waals surface area contributed by atoms with Crippen molar-refractivity contribution in [1.82, 2.24) is 0 Å². The fourth-order valence-electron chi connectivity index (χ4n) is 6.59. The van der Waals surface area contributed by atoms with Gasteiger partial charge in [-0.15, -0.1) is 0 Å². The van der Waals surface area contributed by atoms with Crippen molar-refractivity contribution in [3.63, 3.8) is 0 Å². The van der Waals surface area contributed by atoms with Gasteiger partial charge in [0.25, 0.3) is 0 Å². The van der Waals surface area contributed by atoms with Crippen LogP contribution in [0, 0.1) is 0 Å². The predicted octanol–water partition coefficient (Wildman–Crippen LogP) is 17.2. The number of rotatable bonds is 45. The van der Waals surface area contributed by atoms with Crippen molar-refractivity contribution in [3.8, 4) is 0 Å². The van der Waals surface area contributed by atoms with Gasteiger partial charge in [-0.25, -0.2) is 0 Å². The van der Waals surface area contributed by atoms with E-state index in [1.54, 1.807) is 0 Å². The van der Waals surface area contributed by atoms with Gasteiger partial charge in [-0.1, -0.05) is 207 Å². The van der Waals surface area contributed by atoms with E-state index in [0.717, 1.165) is 89.9 Å². The molecule has 0 amide bonds. The van der Waals surface area contributed by atoms with Crippen molar-refractivity contribution in [1.29, 1.82) is 0 Å². The van der Waals surface area contributed by atoms with Gasteiger partial charge in [0, 0.05) is 13.0 Å². The lowest BCUT2D eigenvalue weighted by atomic mass is 10.1. The molecule has 0 aromatic carbocycles. The highest BCUT2D eigenvalue weighted by Crippen LogP contribution is 2.12. The number of carbonyl (C=O) groups excluding carboxylic acids is 2. The van der Waals surface area contributed by atoms with Crippen LogP contribution in [0.25, 0.3) is 0 Å². The highest BCUT2D eigenvalue weighted by atomic mass is 16.6. The van der Waals surface area contributed by atoms with Crippen molar-refractivity contribution in [2.24, 2.45) is 0 Å². The summed E-state index contributed by atoms with van der Waals surface area (Å²) in [5.41, 5.74) is 0. The van der Waals surface area contributed by atoms with E-state index in [4.69, 9.17) is 14.2 Å². The zero-order chi connectivity index (χ0) is 44.9. The van der Waals surface area contributed by atoms with Crippen molar-refractivity contribution in [3.05, 3.63) is 109 Å². The van der Waals surface area contributed by atoms with Crippen LogP contribution in [0.15, 0.2) is 109 Å². The molecule has 5 nitrogen and oxygen atoms in total. The Balaban J connectivity index is 4.43. The minimum Gasteiger partial charge on any atom is -0.462 e. The van der Waals surface area contributed by atoms with Crippen molar-refractivity contribution in [2.75, 3.05) is 19.8 Å². The lowest BCUT2D eigenvalue weighted by Crippen LogP contribution is -2.29. The number of hydrogen-bond donors (Lipinski definition) is 0. The molecule has 0 aliphatic rings. The van der Waals surface area contributed by atoms with Crippen LogP contribution < -0.4 is 0 Å². The average molecular weight is 859 g/mol. The number of hydrogen-bond acceptors (Lipinski definition) is 5. The second-order valence-electron chi connectivity index (χ2n) is 16.3. The maximum atomic E-state index is 12.7. The molecular formula is C57H94O5. The first kappa shape index (κ1) is 58.6. The van der Waals surface area contributed by atoms with Crippen LogP contribution in [-0.2, 0) is 23.8 Å². The Morgan fingerprint density at radius 1 is 0.387 bits per heavy atom. The van der Waals surface area contributed by atoms with Crippen LogP contribution >= 0.6 is 0 Å². The summed E-state index contributed by atoms with van der Waals surface area (Å²) in [6.45, 7) is 7.45. The molecule has 1 unspecified atom stereocenters. The third-order valence-corrected chi connectivity index (χ3v) is 10.3. The van der Waals surface area contributed by atoms with Gasteiger partial charge in [0.05, 0.1) is 13.0 Å². The van der Waals surface area contributed by atoms with E-state index < -0.39 is 6.10 Å². The van der Waals surface area contributed by atoms with Crippen LogP contribution in [-0.4, -0.2) is 37.9 Å². The average Bonchev–Trinajstić information content (AvgIpc) is 3.27. The number of unbranched alkanes of at least 4 members (excludes halogenated alkanes) is 17. The van der Waals surface area contributed by atoms with Gasteiger partial charge in [0.15, 0.2) is 6.10 Å². The highest BCUT2D eigenvalue weighted by molar-refractivity contribution is 5.71. The minimum absolute atomic E-state index is 0.0322. The Kier molecular flexibility index (Phi) is 49.0. The Morgan fingerprint density at radius 2 is 0.774 bits per heavy atom. The van der Waals surface area contributed by atoms with Gasteiger partial charge >= 0.3 is 11.9 Å².